The van der Waals surface area contributed by atoms with Gasteiger partial charge in [-0.15, -0.1) is 0 Å². The lowest BCUT2D eigenvalue weighted by atomic mass is 9.83. The van der Waals surface area contributed by atoms with Gasteiger partial charge in [0.25, 0.3) is 0 Å². The van der Waals surface area contributed by atoms with Crippen LogP contribution < -0.4 is 10.1 Å². The van der Waals surface area contributed by atoms with E-state index in [0.717, 1.165) is 50.3 Å². The first-order chi connectivity index (χ1) is 8.34. The van der Waals surface area contributed by atoms with Crippen molar-refractivity contribution in [3.63, 3.8) is 0 Å². The number of para-hydroxylation sites is 1. The molecule has 1 N–H and O–H groups in total. The molecule has 0 atom stereocenters. The van der Waals surface area contributed by atoms with Gasteiger partial charge < -0.3 is 10.1 Å². The van der Waals surface area contributed by atoms with E-state index in [1.807, 2.05) is 0 Å². The summed E-state index contributed by atoms with van der Waals surface area (Å²) in [7, 11) is 0. The van der Waals surface area contributed by atoms with Gasteiger partial charge >= 0.3 is 0 Å². The molecule has 0 unspecified atom stereocenters. The molecule has 0 aromatic heterocycles. The third-order valence-electron chi connectivity index (χ3n) is 3.69. The molecular weight excluding hydrogens is 214 g/mol. The van der Waals surface area contributed by atoms with E-state index in [1.165, 1.54) is 5.56 Å². The van der Waals surface area contributed by atoms with Crippen molar-refractivity contribution in [1.29, 1.82) is 0 Å². The molecule has 1 aliphatic heterocycles. The number of anilines is 1. The highest BCUT2D eigenvalue weighted by Crippen LogP contribution is 2.41. The number of nitrogens with one attached hydrogen (secondary N) is 1. The van der Waals surface area contributed by atoms with Gasteiger partial charge in [0.15, 0.2) is 0 Å². The van der Waals surface area contributed by atoms with E-state index in [9.17, 15) is 4.79 Å². The summed E-state index contributed by atoms with van der Waals surface area (Å²) in [5, 5.41) is 3.36. The normalized spacial score (nSPS) is 20.4. The van der Waals surface area contributed by atoms with Crippen LogP contribution in [0.1, 0.15) is 37.2 Å². The van der Waals surface area contributed by atoms with Crippen molar-refractivity contribution in [2.24, 2.45) is 0 Å². The van der Waals surface area contributed by atoms with Crippen molar-refractivity contribution in [3.05, 3.63) is 23.8 Å². The van der Waals surface area contributed by atoms with Crippen molar-refractivity contribution in [2.45, 2.75) is 31.6 Å². The molecule has 1 aromatic carbocycles. The van der Waals surface area contributed by atoms with E-state index in [4.69, 9.17) is 4.74 Å². The lowest BCUT2D eigenvalue weighted by molar-refractivity contribution is -0.120. The number of carbonyl (C=O) groups excluding carboxylic acids is 1. The number of Topliss-reactive ketones (excluding diaryl/α,β-unsaturated/α-hetero) is 1. The Balaban J connectivity index is 1.89. The molecule has 0 amide bonds. The zero-order valence-corrected chi connectivity index (χ0v) is 9.87. The highest BCUT2D eigenvalue weighted by Gasteiger charge is 2.25. The Hall–Kier alpha value is -1.51. The average molecular weight is 231 g/mol. The van der Waals surface area contributed by atoms with Gasteiger partial charge in [-0.25, -0.2) is 0 Å². The van der Waals surface area contributed by atoms with E-state index in [1.54, 1.807) is 0 Å². The van der Waals surface area contributed by atoms with Crippen molar-refractivity contribution >= 4 is 11.5 Å². The molecule has 3 heteroatoms. The molecule has 0 spiro atoms. The van der Waals surface area contributed by atoms with Crippen molar-refractivity contribution < 1.29 is 9.53 Å². The van der Waals surface area contributed by atoms with E-state index in [2.05, 4.69) is 23.5 Å². The SMILES string of the molecule is O=C1CCC(c2cccc3c2OCCN3)CC1. The quantitative estimate of drug-likeness (QED) is 0.807. The van der Waals surface area contributed by atoms with Crippen LogP contribution in [0.15, 0.2) is 18.2 Å². The topological polar surface area (TPSA) is 38.3 Å². The number of rotatable bonds is 1. The van der Waals surface area contributed by atoms with Gasteiger partial charge in [-0.2, -0.15) is 0 Å². The van der Waals surface area contributed by atoms with Gasteiger partial charge in [-0.05, 0) is 30.4 Å². The largest absolute Gasteiger partial charge is 0.489 e. The van der Waals surface area contributed by atoms with Crippen LogP contribution in [0.4, 0.5) is 5.69 Å². The van der Waals surface area contributed by atoms with E-state index in [0.29, 0.717) is 11.7 Å². The summed E-state index contributed by atoms with van der Waals surface area (Å²) < 4.78 is 5.79. The Morgan fingerprint density at radius 3 is 2.88 bits per heavy atom. The van der Waals surface area contributed by atoms with Crippen LogP contribution in [0.5, 0.6) is 5.75 Å². The summed E-state index contributed by atoms with van der Waals surface area (Å²) in [6, 6.07) is 6.28. The molecule has 1 aliphatic carbocycles. The second-order valence-electron chi connectivity index (χ2n) is 4.81. The highest BCUT2D eigenvalue weighted by atomic mass is 16.5. The number of fused-ring (bicyclic) bond motifs is 1. The van der Waals surface area contributed by atoms with E-state index < -0.39 is 0 Å². The van der Waals surface area contributed by atoms with Gasteiger partial charge in [0, 0.05) is 19.4 Å². The van der Waals surface area contributed by atoms with Crippen LogP contribution in [0, 0.1) is 0 Å². The van der Waals surface area contributed by atoms with Crippen LogP contribution in [-0.2, 0) is 4.79 Å². The zero-order valence-electron chi connectivity index (χ0n) is 9.87. The number of ether oxygens (including phenoxy) is 1. The van der Waals surface area contributed by atoms with Crippen LogP contribution >= 0.6 is 0 Å². The smallest absolute Gasteiger partial charge is 0.145 e. The standard InChI is InChI=1S/C14H17NO2/c16-11-6-4-10(5-7-11)12-2-1-3-13-14(12)17-9-8-15-13/h1-3,10,15H,4-9H2. The van der Waals surface area contributed by atoms with Crippen LogP contribution in [0.25, 0.3) is 0 Å². The van der Waals surface area contributed by atoms with Gasteiger partial charge in [-0.3, -0.25) is 4.79 Å². The fourth-order valence-electron chi connectivity index (χ4n) is 2.77. The van der Waals surface area contributed by atoms with Crippen LogP contribution in [-0.4, -0.2) is 18.9 Å². The second kappa shape index (κ2) is 4.40. The summed E-state index contributed by atoms with van der Waals surface area (Å²) >= 11 is 0. The molecule has 0 bridgehead atoms. The molecule has 1 aromatic rings. The molecule has 0 saturated heterocycles. The first-order valence-electron chi connectivity index (χ1n) is 6.36. The molecule has 1 fully saturated rings. The van der Waals surface area contributed by atoms with Gasteiger partial charge in [0.1, 0.15) is 18.1 Å². The first kappa shape index (κ1) is 10.6. The molecule has 1 saturated carbocycles. The highest BCUT2D eigenvalue weighted by molar-refractivity contribution is 5.79. The summed E-state index contributed by atoms with van der Waals surface area (Å²) in [5.41, 5.74) is 2.38. The molecular formula is C14H17NO2. The van der Waals surface area contributed by atoms with E-state index in [-0.39, 0.29) is 0 Å². The maximum atomic E-state index is 11.3. The molecule has 90 valence electrons. The number of hydrogen-bond acceptors (Lipinski definition) is 3. The molecule has 0 radical (unpaired) electrons. The second-order valence-corrected chi connectivity index (χ2v) is 4.81. The Kier molecular flexibility index (Phi) is 2.75. The Morgan fingerprint density at radius 1 is 1.24 bits per heavy atom. The van der Waals surface area contributed by atoms with Crippen LogP contribution in [0.2, 0.25) is 0 Å². The van der Waals surface area contributed by atoms with Crippen molar-refractivity contribution in [2.75, 3.05) is 18.5 Å². The van der Waals surface area contributed by atoms with Crippen LogP contribution in [0.3, 0.4) is 0 Å². The third-order valence-corrected chi connectivity index (χ3v) is 3.69. The number of benzene rings is 1. The summed E-state index contributed by atoms with van der Waals surface area (Å²) in [4.78, 5) is 11.3. The number of hydrogen-bond donors (Lipinski definition) is 1. The minimum absolute atomic E-state index is 0.407. The van der Waals surface area contributed by atoms with Gasteiger partial charge in [0.05, 0.1) is 5.69 Å². The Morgan fingerprint density at radius 2 is 2.06 bits per heavy atom. The summed E-state index contributed by atoms with van der Waals surface area (Å²) in [6.07, 6.45) is 3.39. The maximum Gasteiger partial charge on any atom is 0.145 e. The molecule has 1 heterocycles. The molecule has 3 rings (SSSR count). The maximum absolute atomic E-state index is 11.3. The van der Waals surface area contributed by atoms with E-state index >= 15 is 0 Å². The first-order valence-corrected chi connectivity index (χ1v) is 6.36. The van der Waals surface area contributed by atoms with Crippen molar-refractivity contribution in [1.82, 2.24) is 0 Å². The summed E-state index contributed by atoms with van der Waals surface area (Å²) in [6.45, 7) is 1.61. The fraction of sp³-hybridized carbons (Fsp3) is 0.500. The number of ketones is 1. The third kappa shape index (κ3) is 2.02. The number of carbonyl (C=O) groups is 1. The predicted octanol–water partition coefficient (Wildman–Crippen LogP) is 2.72. The lowest BCUT2D eigenvalue weighted by Crippen LogP contribution is -2.20. The molecule has 3 nitrogen and oxygen atoms in total. The fourth-order valence-corrected chi connectivity index (χ4v) is 2.77. The Bertz CT molecular complexity index is 432. The Labute approximate surface area is 101 Å². The minimum Gasteiger partial charge on any atom is -0.489 e. The monoisotopic (exact) mass is 231 g/mol. The van der Waals surface area contributed by atoms with Crippen molar-refractivity contribution in [3.8, 4) is 5.75 Å². The van der Waals surface area contributed by atoms with Gasteiger partial charge in [0.2, 0.25) is 0 Å². The zero-order chi connectivity index (χ0) is 11.7. The predicted molar refractivity (Wildman–Crippen MR) is 66.6 cm³/mol. The molecule has 2 aliphatic rings. The lowest BCUT2D eigenvalue weighted by Gasteiger charge is -2.27. The average Bonchev–Trinajstić information content (AvgIpc) is 2.39. The summed E-state index contributed by atoms with van der Waals surface area (Å²) in [5.74, 6) is 1.91. The van der Waals surface area contributed by atoms with Gasteiger partial charge in [-0.1, -0.05) is 12.1 Å². The molecule has 17 heavy (non-hydrogen) atoms. The minimum atomic E-state index is 0.407.